The topological polar surface area (TPSA) is 53.7 Å². The average molecular weight is 294 g/mol. The minimum atomic E-state index is -0.278. The summed E-state index contributed by atoms with van der Waals surface area (Å²) < 4.78 is 5.41. The molecule has 2 rings (SSSR count). The van der Waals surface area contributed by atoms with E-state index in [-0.39, 0.29) is 22.8 Å². The summed E-state index contributed by atoms with van der Waals surface area (Å²) in [7, 11) is 1.65. The molecule has 1 heterocycles. The lowest BCUT2D eigenvalue weighted by molar-refractivity contribution is 0.0751. The summed E-state index contributed by atoms with van der Waals surface area (Å²) in [5.74, 6) is 0.717. The lowest BCUT2D eigenvalue weighted by Crippen LogP contribution is -2.25. The Labute approximate surface area is 122 Å². The van der Waals surface area contributed by atoms with Gasteiger partial charge in [0.1, 0.15) is 11.5 Å². The van der Waals surface area contributed by atoms with Gasteiger partial charge in [0.15, 0.2) is 5.76 Å². The highest BCUT2D eigenvalue weighted by Gasteiger charge is 2.18. The molecule has 0 fully saturated rings. The largest absolute Gasteiger partial charge is 0.508 e. The monoisotopic (exact) mass is 293 g/mol. The highest BCUT2D eigenvalue weighted by Crippen LogP contribution is 2.23. The van der Waals surface area contributed by atoms with E-state index < -0.39 is 0 Å². The summed E-state index contributed by atoms with van der Waals surface area (Å²) >= 11 is 5.90. The third kappa shape index (κ3) is 3.14. The average Bonchev–Trinajstić information content (AvgIpc) is 2.90. The zero-order valence-electron chi connectivity index (χ0n) is 11.3. The number of rotatable bonds is 4. The van der Waals surface area contributed by atoms with Crippen molar-refractivity contribution in [3.05, 3.63) is 53.5 Å². The van der Waals surface area contributed by atoms with Gasteiger partial charge in [0, 0.05) is 19.2 Å². The van der Waals surface area contributed by atoms with Gasteiger partial charge >= 0.3 is 0 Å². The summed E-state index contributed by atoms with van der Waals surface area (Å²) in [4.78, 5) is 13.7. The first-order valence-corrected chi connectivity index (χ1v) is 6.69. The van der Waals surface area contributed by atoms with Crippen LogP contribution in [-0.2, 0) is 6.54 Å². The molecule has 5 heteroatoms. The maximum atomic E-state index is 12.2. The smallest absolute Gasteiger partial charge is 0.289 e. The van der Waals surface area contributed by atoms with E-state index in [0.29, 0.717) is 17.9 Å². The van der Waals surface area contributed by atoms with Crippen LogP contribution in [0.3, 0.4) is 0 Å². The number of amides is 1. The minimum Gasteiger partial charge on any atom is -0.508 e. The Bertz CT molecular complexity index is 607. The number of alkyl halides is 1. The summed E-state index contributed by atoms with van der Waals surface area (Å²) in [6.45, 7) is 2.08. The number of para-hydroxylation sites is 1. The van der Waals surface area contributed by atoms with Crippen molar-refractivity contribution in [2.24, 2.45) is 0 Å². The number of halogens is 1. The van der Waals surface area contributed by atoms with Gasteiger partial charge in [-0.3, -0.25) is 4.79 Å². The molecule has 1 atom stereocenters. The predicted octanol–water partition coefficient (Wildman–Crippen LogP) is 3.56. The molecule has 0 aliphatic carbocycles. The van der Waals surface area contributed by atoms with Crippen molar-refractivity contribution in [2.75, 3.05) is 7.05 Å². The molecule has 1 N–H and O–H groups in total. The zero-order chi connectivity index (χ0) is 14.7. The number of benzene rings is 1. The first kappa shape index (κ1) is 14.5. The van der Waals surface area contributed by atoms with E-state index in [1.807, 2.05) is 6.07 Å². The molecule has 106 valence electrons. The number of hydrogen-bond acceptors (Lipinski definition) is 3. The molecular formula is C15H16ClNO3. The van der Waals surface area contributed by atoms with Gasteiger partial charge in [0.2, 0.25) is 0 Å². The van der Waals surface area contributed by atoms with E-state index in [0.717, 1.165) is 0 Å². The normalized spacial score (nSPS) is 12.2. The SMILES string of the molecule is CC(Cl)c1ccc(C(=O)N(C)Cc2ccccc2O)o1. The van der Waals surface area contributed by atoms with Crippen LogP contribution in [0.4, 0.5) is 0 Å². The number of nitrogens with zero attached hydrogens (tertiary/aromatic N) is 1. The second-order valence-corrected chi connectivity index (χ2v) is 5.26. The Morgan fingerprint density at radius 3 is 2.65 bits per heavy atom. The number of aromatic hydroxyl groups is 1. The fraction of sp³-hybridized carbons (Fsp3) is 0.267. The Morgan fingerprint density at radius 2 is 2.05 bits per heavy atom. The number of carbonyl (C=O) groups is 1. The first-order valence-electron chi connectivity index (χ1n) is 6.25. The van der Waals surface area contributed by atoms with Crippen molar-refractivity contribution in [2.45, 2.75) is 18.8 Å². The third-order valence-electron chi connectivity index (χ3n) is 2.98. The molecule has 0 aliphatic rings. The molecule has 1 unspecified atom stereocenters. The molecule has 1 aromatic carbocycles. The number of furan rings is 1. The van der Waals surface area contributed by atoms with Crippen LogP contribution in [-0.4, -0.2) is 23.0 Å². The third-order valence-corrected chi connectivity index (χ3v) is 3.19. The summed E-state index contributed by atoms with van der Waals surface area (Å²) in [5, 5.41) is 9.43. The molecule has 0 radical (unpaired) electrons. The molecule has 4 nitrogen and oxygen atoms in total. The number of phenolic OH excluding ortho intramolecular Hbond substituents is 1. The van der Waals surface area contributed by atoms with Crippen LogP contribution in [0.2, 0.25) is 0 Å². The summed E-state index contributed by atoms with van der Waals surface area (Å²) in [6.07, 6.45) is 0. The second-order valence-electron chi connectivity index (χ2n) is 4.61. The Balaban J connectivity index is 2.10. The maximum Gasteiger partial charge on any atom is 0.289 e. The second kappa shape index (κ2) is 6.01. The Hall–Kier alpha value is -1.94. The van der Waals surface area contributed by atoms with Crippen LogP contribution in [0.15, 0.2) is 40.8 Å². The summed E-state index contributed by atoms with van der Waals surface area (Å²) in [6, 6.07) is 10.2. The molecule has 0 aliphatic heterocycles. The van der Waals surface area contributed by atoms with Crippen molar-refractivity contribution in [1.29, 1.82) is 0 Å². The molecule has 2 aromatic rings. The number of carbonyl (C=O) groups excluding carboxylic acids is 1. The van der Waals surface area contributed by atoms with Gasteiger partial charge in [0.25, 0.3) is 5.91 Å². The highest BCUT2D eigenvalue weighted by atomic mass is 35.5. The van der Waals surface area contributed by atoms with Gasteiger partial charge in [-0.2, -0.15) is 0 Å². The van der Waals surface area contributed by atoms with E-state index in [4.69, 9.17) is 16.0 Å². The van der Waals surface area contributed by atoms with E-state index in [1.165, 1.54) is 4.90 Å². The van der Waals surface area contributed by atoms with Crippen LogP contribution in [0.1, 0.15) is 34.2 Å². The fourth-order valence-corrected chi connectivity index (χ4v) is 1.96. The number of phenols is 1. The van der Waals surface area contributed by atoms with Crippen LogP contribution in [0, 0.1) is 0 Å². The predicted molar refractivity (Wildman–Crippen MR) is 76.9 cm³/mol. The molecule has 0 bridgehead atoms. The van der Waals surface area contributed by atoms with Gasteiger partial charge in [-0.1, -0.05) is 18.2 Å². The highest BCUT2D eigenvalue weighted by molar-refractivity contribution is 6.20. The van der Waals surface area contributed by atoms with Crippen molar-refractivity contribution in [1.82, 2.24) is 4.90 Å². The van der Waals surface area contributed by atoms with Gasteiger partial charge < -0.3 is 14.4 Å². The molecule has 0 spiro atoms. The standard InChI is InChI=1S/C15H16ClNO3/c1-10(16)13-7-8-14(20-13)15(19)17(2)9-11-5-3-4-6-12(11)18/h3-8,10,18H,9H2,1-2H3. The van der Waals surface area contributed by atoms with Crippen molar-refractivity contribution >= 4 is 17.5 Å². The molecule has 1 aromatic heterocycles. The lowest BCUT2D eigenvalue weighted by Gasteiger charge is -2.16. The zero-order valence-corrected chi connectivity index (χ0v) is 12.1. The van der Waals surface area contributed by atoms with Crippen molar-refractivity contribution in [3.8, 4) is 5.75 Å². The van der Waals surface area contributed by atoms with Crippen LogP contribution in [0.5, 0.6) is 5.75 Å². The van der Waals surface area contributed by atoms with E-state index in [1.54, 1.807) is 44.3 Å². The summed E-state index contributed by atoms with van der Waals surface area (Å²) in [5.41, 5.74) is 0.681. The van der Waals surface area contributed by atoms with Crippen LogP contribution in [0.25, 0.3) is 0 Å². The number of hydrogen-bond donors (Lipinski definition) is 1. The first-order chi connectivity index (χ1) is 9.49. The van der Waals surface area contributed by atoms with E-state index in [2.05, 4.69) is 0 Å². The minimum absolute atomic E-state index is 0.168. The van der Waals surface area contributed by atoms with Crippen molar-refractivity contribution in [3.63, 3.8) is 0 Å². The van der Waals surface area contributed by atoms with Gasteiger partial charge in [0.05, 0.1) is 5.38 Å². The Morgan fingerprint density at radius 1 is 1.35 bits per heavy atom. The van der Waals surface area contributed by atoms with Gasteiger partial charge in [-0.05, 0) is 25.1 Å². The van der Waals surface area contributed by atoms with Crippen molar-refractivity contribution < 1.29 is 14.3 Å². The molecule has 0 saturated heterocycles. The van der Waals surface area contributed by atoms with Crippen LogP contribution < -0.4 is 0 Å². The molecule has 20 heavy (non-hydrogen) atoms. The fourth-order valence-electron chi connectivity index (χ4n) is 1.84. The molecular weight excluding hydrogens is 278 g/mol. The quantitative estimate of drug-likeness (QED) is 0.877. The molecule has 0 saturated carbocycles. The van der Waals surface area contributed by atoms with Gasteiger partial charge in [-0.15, -0.1) is 11.6 Å². The van der Waals surface area contributed by atoms with E-state index >= 15 is 0 Å². The lowest BCUT2D eigenvalue weighted by atomic mass is 10.2. The van der Waals surface area contributed by atoms with E-state index in [9.17, 15) is 9.90 Å². The van der Waals surface area contributed by atoms with Gasteiger partial charge in [-0.25, -0.2) is 0 Å². The Kier molecular flexibility index (Phi) is 4.35. The molecule has 1 amide bonds. The maximum absolute atomic E-state index is 12.2. The van der Waals surface area contributed by atoms with Crippen LogP contribution >= 0.6 is 11.6 Å².